The Morgan fingerprint density at radius 1 is 0.695 bits per heavy atom. The number of aliphatic hydroxyl groups is 4. The van der Waals surface area contributed by atoms with Crippen LogP contribution in [0.1, 0.15) is 191 Å². The number of aliphatic carboxylic acids is 1. The molecule has 0 aromatic carbocycles. The molecule has 0 spiro atoms. The fraction of sp³-hybridized carbons (Fsp3) is 0.942. The SMILES string of the molecule is CC(C)CCC[C@@H](C)[C@H]1CC[C@H]2[C@@H]3CC=C4C[C@@H](O)CC[C@]4(C)[C@H]3CC[C@]12C.C[C@H](CCC(=O)[O-])[C@H]1CC[C@@H]2[C@]1(C)[C@@H](O)C[C@@H]1[C@@]3(C)CC[C@@H](O)C[C@H]3C[C@@H](O)[C@@]21C.[Na+]. The van der Waals surface area contributed by atoms with E-state index in [4.69, 9.17) is 0 Å². The van der Waals surface area contributed by atoms with Gasteiger partial charge in [-0.1, -0.05) is 93.2 Å². The number of carbonyl (C=O) groups excluding carboxylic acids is 1. The molecule has 4 N–H and O–H groups in total. The van der Waals surface area contributed by atoms with Crippen molar-refractivity contribution in [1.82, 2.24) is 0 Å². The second kappa shape index (κ2) is 18.1. The van der Waals surface area contributed by atoms with E-state index in [9.17, 15) is 30.3 Å². The van der Waals surface area contributed by atoms with Crippen molar-refractivity contribution in [2.24, 2.45) is 92.2 Å². The Kier molecular flexibility index (Phi) is 14.9. The monoisotopic (exact) mass is 831 g/mol. The third-order valence-electron chi connectivity index (χ3n) is 21.3. The molecule has 0 aromatic heterocycles. The molecule has 0 amide bonds. The molecule has 8 aliphatic carbocycles. The van der Waals surface area contributed by atoms with Crippen LogP contribution >= 0.6 is 0 Å². The van der Waals surface area contributed by atoms with E-state index in [0.717, 1.165) is 86.9 Å². The average Bonchev–Trinajstić information content (AvgIpc) is 3.72. The summed E-state index contributed by atoms with van der Waals surface area (Å²) in [7, 11) is 0. The third-order valence-corrected chi connectivity index (χ3v) is 21.3. The fourth-order valence-electron chi connectivity index (χ4n) is 18.0. The van der Waals surface area contributed by atoms with Gasteiger partial charge in [-0.25, -0.2) is 0 Å². The van der Waals surface area contributed by atoms with Gasteiger partial charge in [0.1, 0.15) is 0 Å². The molecule has 7 heteroatoms. The van der Waals surface area contributed by atoms with Crippen molar-refractivity contribution >= 4 is 5.97 Å². The standard InChI is InChI=1S/C27H46O.C25H42O5.Na/c1-18(2)7-6-8-19(3)23-11-12-24-22-10-9-20-17-21(28)13-15-26(20,4)25(22)14-16-27(23,24)5;1-14(5-8-22(29)30)17-6-7-18-24(17,3)21(28)13-19-23(2)10-9-16(26)11-15(23)12-20(27)25(18,19)4;/h9,18-19,21-25,28H,6-8,10-17H2,1-5H3;14-21,26-28H,5-13H2,1-4H3,(H,29,30);/q;;+1/p-1/t19-,21+,22+,23-,24+,25+,26+,27-;14-,15+,16-,17-,18-,19-,20-,21+,23+,24-,25+;/m11./s1. The van der Waals surface area contributed by atoms with Crippen LogP contribution in [0.25, 0.3) is 0 Å². The molecule has 0 aliphatic heterocycles. The van der Waals surface area contributed by atoms with Gasteiger partial charge in [0.15, 0.2) is 0 Å². The zero-order valence-electron chi connectivity index (χ0n) is 39.5. The predicted molar refractivity (Wildman–Crippen MR) is 231 cm³/mol. The van der Waals surface area contributed by atoms with E-state index in [0.29, 0.717) is 29.6 Å². The Morgan fingerprint density at radius 3 is 2.03 bits per heavy atom. The number of aliphatic hydroxyl groups excluding tert-OH is 4. The molecule has 7 fully saturated rings. The molecule has 0 saturated heterocycles. The Morgan fingerprint density at radius 2 is 1.34 bits per heavy atom. The molecule has 0 bridgehead atoms. The summed E-state index contributed by atoms with van der Waals surface area (Å²) in [4.78, 5) is 11.0. The number of rotatable bonds is 9. The van der Waals surface area contributed by atoms with E-state index in [-0.39, 0.29) is 88.1 Å². The first kappa shape index (κ1) is 48.5. The Balaban J connectivity index is 0.000000195. The summed E-state index contributed by atoms with van der Waals surface area (Å²) in [6, 6.07) is 0. The third kappa shape index (κ3) is 8.32. The van der Waals surface area contributed by atoms with E-state index in [1.54, 1.807) is 5.57 Å². The van der Waals surface area contributed by atoms with Crippen molar-refractivity contribution in [2.45, 2.75) is 215 Å². The van der Waals surface area contributed by atoms with Gasteiger partial charge in [-0.3, -0.25) is 0 Å². The largest absolute Gasteiger partial charge is 1.00 e. The van der Waals surface area contributed by atoms with Crippen molar-refractivity contribution in [3.05, 3.63) is 11.6 Å². The molecule has 19 atom stereocenters. The van der Waals surface area contributed by atoms with Crippen molar-refractivity contribution in [3.8, 4) is 0 Å². The maximum atomic E-state index is 11.6. The number of carboxylic acids is 1. The van der Waals surface area contributed by atoms with Crippen molar-refractivity contribution < 1.29 is 59.9 Å². The Hall–Kier alpha value is 0.0500. The van der Waals surface area contributed by atoms with Gasteiger partial charge in [0.2, 0.25) is 0 Å². The topological polar surface area (TPSA) is 121 Å². The normalized spacial score (nSPS) is 49.6. The molecule has 59 heavy (non-hydrogen) atoms. The van der Waals surface area contributed by atoms with Crippen LogP contribution in [0.4, 0.5) is 0 Å². The first-order chi connectivity index (χ1) is 27.2. The first-order valence-corrected chi connectivity index (χ1v) is 24.8. The van der Waals surface area contributed by atoms with E-state index in [1.807, 2.05) is 0 Å². The average molecular weight is 831 g/mol. The minimum absolute atomic E-state index is 0. The minimum Gasteiger partial charge on any atom is -0.550 e. The molecule has 0 radical (unpaired) electrons. The van der Waals surface area contributed by atoms with Crippen LogP contribution in [0.3, 0.4) is 0 Å². The Bertz CT molecular complexity index is 1500. The van der Waals surface area contributed by atoms with Gasteiger partial charge < -0.3 is 30.3 Å². The number of hydrogen-bond donors (Lipinski definition) is 4. The maximum absolute atomic E-state index is 11.6. The van der Waals surface area contributed by atoms with Gasteiger partial charge in [0.25, 0.3) is 0 Å². The number of hydrogen-bond acceptors (Lipinski definition) is 6. The zero-order valence-corrected chi connectivity index (χ0v) is 41.5. The second-order valence-corrected chi connectivity index (χ2v) is 24.2. The smallest absolute Gasteiger partial charge is 0.550 e. The molecular formula is C52H87NaO6. The summed E-state index contributed by atoms with van der Waals surface area (Å²) in [5, 5.41) is 54.6. The van der Waals surface area contributed by atoms with Crippen LogP contribution in [0, 0.1) is 92.2 Å². The Labute approximate surface area is 382 Å². The molecular weight excluding hydrogens is 744 g/mol. The molecule has 0 aromatic rings. The first-order valence-electron chi connectivity index (χ1n) is 24.8. The molecule has 8 aliphatic rings. The molecule has 7 saturated carbocycles. The summed E-state index contributed by atoms with van der Waals surface area (Å²) >= 11 is 0. The van der Waals surface area contributed by atoms with Crippen molar-refractivity contribution in [3.63, 3.8) is 0 Å². The van der Waals surface area contributed by atoms with Crippen LogP contribution in [0.15, 0.2) is 11.6 Å². The summed E-state index contributed by atoms with van der Waals surface area (Å²) < 4.78 is 0. The number of fused-ring (bicyclic) bond motifs is 10. The zero-order chi connectivity index (χ0) is 42.2. The van der Waals surface area contributed by atoms with E-state index >= 15 is 0 Å². The van der Waals surface area contributed by atoms with Gasteiger partial charge in [-0.2, -0.15) is 0 Å². The second-order valence-electron chi connectivity index (χ2n) is 24.2. The van der Waals surface area contributed by atoms with E-state index in [2.05, 4.69) is 68.4 Å². The van der Waals surface area contributed by atoms with Crippen LogP contribution < -0.4 is 34.7 Å². The number of allylic oxidation sites excluding steroid dienone is 1. The maximum Gasteiger partial charge on any atom is 1.00 e. The predicted octanol–water partition coefficient (Wildman–Crippen LogP) is 6.90. The summed E-state index contributed by atoms with van der Waals surface area (Å²) in [5.41, 5.74) is 2.11. The van der Waals surface area contributed by atoms with Gasteiger partial charge in [-0.15, -0.1) is 0 Å². The van der Waals surface area contributed by atoms with Gasteiger partial charge >= 0.3 is 29.6 Å². The van der Waals surface area contributed by atoms with Gasteiger partial charge in [0.05, 0.1) is 24.4 Å². The summed E-state index contributed by atoms with van der Waals surface area (Å²) in [6.45, 7) is 21.5. The number of carboxylic acid groups (broad SMARTS) is 1. The quantitative estimate of drug-likeness (QED) is 0.148. The molecule has 332 valence electrons. The van der Waals surface area contributed by atoms with Crippen LogP contribution in [0.5, 0.6) is 0 Å². The summed E-state index contributed by atoms with van der Waals surface area (Å²) in [5.74, 6) is 5.72. The van der Waals surface area contributed by atoms with Crippen molar-refractivity contribution in [1.29, 1.82) is 0 Å². The van der Waals surface area contributed by atoms with Gasteiger partial charge in [0, 0.05) is 11.4 Å². The van der Waals surface area contributed by atoms with Crippen LogP contribution in [-0.4, -0.2) is 50.8 Å². The molecule has 0 unspecified atom stereocenters. The molecule has 0 heterocycles. The fourth-order valence-corrected chi connectivity index (χ4v) is 18.0. The van der Waals surface area contributed by atoms with Crippen molar-refractivity contribution in [2.75, 3.05) is 0 Å². The molecule has 8 rings (SSSR count). The van der Waals surface area contributed by atoms with Gasteiger partial charge in [-0.05, 0) is 196 Å². The minimum atomic E-state index is -1.00. The van der Waals surface area contributed by atoms with E-state index < -0.39 is 18.2 Å². The van der Waals surface area contributed by atoms with Crippen LogP contribution in [-0.2, 0) is 4.79 Å². The van der Waals surface area contributed by atoms with E-state index in [1.165, 1.54) is 57.8 Å². The number of carbonyl (C=O) groups is 1. The van der Waals surface area contributed by atoms with Crippen LogP contribution in [0.2, 0.25) is 0 Å². The summed E-state index contributed by atoms with van der Waals surface area (Å²) in [6.07, 6.45) is 22.7. The molecule has 6 nitrogen and oxygen atoms in total.